The molecular formula is C19H24BrN3O. The Morgan fingerprint density at radius 1 is 1.33 bits per heavy atom. The lowest BCUT2D eigenvalue weighted by Gasteiger charge is -2.18. The molecule has 0 spiro atoms. The number of ether oxygens (including phenoxy) is 1. The van der Waals surface area contributed by atoms with E-state index in [4.69, 9.17) is 4.74 Å². The molecular weight excluding hydrogens is 366 g/mol. The van der Waals surface area contributed by atoms with Gasteiger partial charge in [-0.05, 0) is 60.8 Å². The third kappa shape index (κ3) is 4.57. The van der Waals surface area contributed by atoms with E-state index in [9.17, 15) is 0 Å². The SMILES string of the molecule is CCN(C)/C=N/c1cc(Br)c(O[C@H](C)c2ccccc2C)nc1C. The second-order valence-electron chi connectivity index (χ2n) is 5.81. The minimum atomic E-state index is -0.0741. The molecule has 0 N–H and O–H groups in total. The normalized spacial score (nSPS) is 12.4. The molecule has 0 unspecified atom stereocenters. The van der Waals surface area contributed by atoms with Gasteiger partial charge in [-0.3, -0.25) is 0 Å². The third-order valence-corrected chi connectivity index (χ3v) is 4.48. The summed E-state index contributed by atoms with van der Waals surface area (Å²) in [6.07, 6.45) is 1.74. The highest BCUT2D eigenvalue weighted by Crippen LogP contribution is 2.32. The summed E-state index contributed by atoms with van der Waals surface area (Å²) in [4.78, 5) is 11.1. The Hall–Kier alpha value is -1.88. The van der Waals surface area contributed by atoms with Crippen molar-refractivity contribution in [1.82, 2.24) is 9.88 Å². The minimum Gasteiger partial charge on any atom is -0.469 e. The number of pyridine rings is 1. The van der Waals surface area contributed by atoms with E-state index in [0.717, 1.165) is 28.0 Å². The largest absolute Gasteiger partial charge is 0.469 e. The van der Waals surface area contributed by atoms with Crippen molar-refractivity contribution in [2.45, 2.75) is 33.8 Å². The van der Waals surface area contributed by atoms with E-state index in [0.29, 0.717) is 5.88 Å². The summed E-state index contributed by atoms with van der Waals surface area (Å²) in [6, 6.07) is 10.2. The van der Waals surface area contributed by atoms with Gasteiger partial charge >= 0.3 is 0 Å². The van der Waals surface area contributed by atoms with Crippen molar-refractivity contribution in [3.63, 3.8) is 0 Å². The average molecular weight is 390 g/mol. The standard InChI is InChI=1S/C19H24BrN3O/c1-6-23(5)12-21-18-11-17(20)19(22-14(18)3)24-15(4)16-10-8-7-9-13(16)2/h7-12,15H,6H2,1-5H3/b21-12+/t15-/m1/s1. The molecule has 1 heterocycles. The molecule has 2 rings (SSSR count). The molecule has 0 amide bonds. The summed E-state index contributed by atoms with van der Waals surface area (Å²) in [5.74, 6) is 0.589. The maximum Gasteiger partial charge on any atom is 0.228 e. The molecule has 1 atom stereocenters. The number of nitrogens with zero attached hydrogens (tertiary/aromatic N) is 3. The van der Waals surface area contributed by atoms with Gasteiger partial charge in [-0.15, -0.1) is 0 Å². The molecule has 0 aliphatic heterocycles. The summed E-state index contributed by atoms with van der Waals surface area (Å²) in [5.41, 5.74) is 4.04. The van der Waals surface area contributed by atoms with E-state index >= 15 is 0 Å². The molecule has 0 aliphatic rings. The molecule has 1 aromatic carbocycles. The summed E-state index contributed by atoms with van der Waals surface area (Å²) in [7, 11) is 1.99. The van der Waals surface area contributed by atoms with Gasteiger partial charge in [-0.25, -0.2) is 9.98 Å². The van der Waals surface area contributed by atoms with Crippen LogP contribution < -0.4 is 4.74 Å². The van der Waals surface area contributed by atoms with E-state index in [2.05, 4.69) is 51.9 Å². The van der Waals surface area contributed by atoms with Gasteiger partial charge in [0, 0.05) is 13.6 Å². The lowest BCUT2D eigenvalue weighted by molar-refractivity contribution is 0.215. The van der Waals surface area contributed by atoms with Crippen LogP contribution in [0.5, 0.6) is 5.88 Å². The molecule has 24 heavy (non-hydrogen) atoms. The fourth-order valence-corrected chi connectivity index (χ4v) is 2.68. The molecule has 0 radical (unpaired) electrons. The molecule has 2 aromatic rings. The van der Waals surface area contributed by atoms with Gasteiger partial charge in [0.15, 0.2) is 0 Å². The molecule has 128 valence electrons. The van der Waals surface area contributed by atoms with Crippen molar-refractivity contribution >= 4 is 28.0 Å². The van der Waals surface area contributed by atoms with E-state index in [1.54, 1.807) is 0 Å². The lowest BCUT2D eigenvalue weighted by Crippen LogP contribution is -2.14. The van der Waals surface area contributed by atoms with Crippen LogP contribution in [0.15, 0.2) is 39.8 Å². The van der Waals surface area contributed by atoms with Crippen molar-refractivity contribution in [3.8, 4) is 5.88 Å². The first kappa shape index (κ1) is 18.5. The van der Waals surface area contributed by atoms with Crippen LogP contribution in [0.25, 0.3) is 0 Å². The topological polar surface area (TPSA) is 37.7 Å². The fraction of sp³-hybridized carbons (Fsp3) is 0.368. The first-order valence-corrected chi connectivity index (χ1v) is 8.85. The number of halogens is 1. The maximum atomic E-state index is 6.07. The Labute approximate surface area is 152 Å². The molecule has 1 aromatic heterocycles. The Kier molecular flexibility index (Phi) is 6.37. The van der Waals surface area contributed by atoms with Crippen LogP contribution >= 0.6 is 15.9 Å². The second kappa shape index (κ2) is 8.29. The molecule has 0 saturated heterocycles. The monoisotopic (exact) mass is 389 g/mol. The van der Waals surface area contributed by atoms with Gasteiger partial charge in [0.25, 0.3) is 0 Å². The first-order chi connectivity index (χ1) is 11.4. The van der Waals surface area contributed by atoms with Crippen LogP contribution in [0.1, 0.15) is 36.8 Å². The highest BCUT2D eigenvalue weighted by Gasteiger charge is 2.14. The summed E-state index contributed by atoms with van der Waals surface area (Å²) in [5, 5.41) is 0. The minimum absolute atomic E-state index is 0.0741. The summed E-state index contributed by atoms with van der Waals surface area (Å²) < 4.78 is 6.88. The lowest BCUT2D eigenvalue weighted by atomic mass is 10.0. The van der Waals surface area contributed by atoms with Crippen molar-refractivity contribution in [1.29, 1.82) is 0 Å². The molecule has 0 fully saturated rings. The Morgan fingerprint density at radius 2 is 2.04 bits per heavy atom. The molecule has 5 heteroatoms. The van der Waals surface area contributed by atoms with Gasteiger partial charge in [-0.1, -0.05) is 24.3 Å². The van der Waals surface area contributed by atoms with Crippen LogP contribution in [-0.4, -0.2) is 29.8 Å². The molecule has 0 aliphatic carbocycles. The van der Waals surface area contributed by atoms with Gasteiger partial charge < -0.3 is 9.64 Å². The van der Waals surface area contributed by atoms with Crippen LogP contribution in [0, 0.1) is 13.8 Å². The zero-order chi connectivity index (χ0) is 17.7. The van der Waals surface area contributed by atoms with Gasteiger partial charge in [0.1, 0.15) is 6.10 Å². The maximum absolute atomic E-state index is 6.07. The number of aryl methyl sites for hydroxylation is 2. The zero-order valence-corrected chi connectivity index (χ0v) is 16.5. The number of benzene rings is 1. The predicted octanol–water partition coefficient (Wildman–Crippen LogP) is 5.21. The smallest absolute Gasteiger partial charge is 0.228 e. The van der Waals surface area contributed by atoms with Crippen LogP contribution in [0.2, 0.25) is 0 Å². The van der Waals surface area contributed by atoms with Crippen molar-refractivity contribution in [2.24, 2.45) is 4.99 Å². The zero-order valence-electron chi connectivity index (χ0n) is 14.9. The molecule has 0 bridgehead atoms. The van der Waals surface area contributed by atoms with Crippen LogP contribution in [0.4, 0.5) is 5.69 Å². The second-order valence-corrected chi connectivity index (χ2v) is 6.67. The fourth-order valence-electron chi connectivity index (χ4n) is 2.28. The number of hydrogen-bond donors (Lipinski definition) is 0. The van der Waals surface area contributed by atoms with Gasteiger partial charge in [-0.2, -0.15) is 0 Å². The number of aliphatic imine (C=N–C) groups is 1. The van der Waals surface area contributed by atoms with E-state index in [-0.39, 0.29) is 6.10 Å². The van der Waals surface area contributed by atoms with E-state index in [1.807, 2.05) is 50.3 Å². The van der Waals surface area contributed by atoms with E-state index < -0.39 is 0 Å². The van der Waals surface area contributed by atoms with Crippen LogP contribution in [0.3, 0.4) is 0 Å². The van der Waals surface area contributed by atoms with Crippen LogP contribution in [-0.2, 0) is 0 Å². The number of rotatable bonds is 6. The first-order valence-electron chi connectivity index (χ1n) is 8.06. The molecule has 4 nitrogen and oxygen atoms in total. The van der Waals surface area contributed by atoms with Crippen molar-refractivity contribution < 1.29 is 4.74 Å². The van der Waals surface area contributed by atoms with E-state index in [1.165, 1.54) is 5.56 Å². The van der Waals surface area contributed by atoms with Gasteiger partial charge in [0.2, 0.25) is 5.88 Å². The quantitative estimate of drug-likeness (QED) is 0.502. The average Bonchev–Trinajstić information content (AvgIpc) is 2.56. The van der Waals surface area contributed by atoms with Gasteiger partial charge in [0.05, 0.1) is 22.2 Å². The predicted molar refractivity (Wildman–Crippen MR) is 103 cm³/mol. The van der Waals surface area contributed by atoms with Crippen molar-refractivity contribution in [2.75, 3.05) is 13.6 Å². The Balaban J connectivity index is 2.22. The summed E-state index contributed by atoms with van der Waals surface area (Å²) in [6.45, 7) is 9.05. The molecule has 0 saturated carbocycles. The van der Waals surface area contributed by atoms with Crippen molar-refractivity contribution in [3.05, 3.63) is 51.6 Å². The third-order valence-electron chi connectivity index (χ3n) is 3.92. The summed E-state index contributed by atoms with van der Waals surface area (Å²) >= 11 is 3.55. The number of aromatic nitrogens is 1. The number of hydrogen-bond acceptors (Lipinski definition) is 3. The highest BCUT2D eigenvalue weighted by molar-refractivity contribution is 9.10. The highest BCUT2D eigenvalue weighted by atomic mass is 79.9. The Morgan fingerprint density at radius 3 is 2.71 bits per heavy atom. The Bertz CT molecular complexity index is 731.